The van der Waals surface area contributed by atoms with Crippen LogP contribution < -0.4 is 10.1 Å². The van der Waals surface area contributed by atoms with Crippen LogP contribution in [0.2, 0.25) is 0 Å². The van der Waals surface area contributed by atoms with Gasteiger partial charge in [0.05, 0.1) is 6.61 Å². The van der Waals surface area contributed by atoms with E-state index in [0.29, 0.717) is 18.6 Å². The average Bonchev–Trinajstić information content (AvgIpc) is 3.02. The van der Waals surface area contributed by atoms with Crippen molar-refractivity contribution in [3.63, 3.8) is 0 Å². The minimum Gasteiger partial charge on any atom is -0.492 e. The zero-order valence-corrected chi connectivity index (χ0v) is 11.8. The van der Waals surface area contributed by atoms with Crippen molar-refractivity contribution in [1.82, 2.24) is 5.32 Å². The Morgan fingerprint density at radius 1 is 1.25 bits per heavy atom. The second-order valence-corrected chi connectivity index (χ2v) is 5.34. The first-order valence-corrected chi connectivity index (χ1v) is 7.23. The van der Waals surface area contributed by atoms with Gasteiger partial charge in [-0.3, -0.25) is 0 Å². The van der Waals surface area contributed by atoms with E-state index in [0.717, 1.165) is 25.4 Å². The van der Waals surface area contributed by atoms with E-state index in [1.54, 1.807) is 0 Å². The topological polar surface area (TPSA) is 30.5 Å². The average molecular weight is 271 g/mol. The van der Waals surface area contributed by atoms with Crippen LogP contribution in [0.5, 0.6) is 5.75 Å². The van der Waals surface area contributed by atoms with Gasteiger partial charge in [0, 0.05) is 18.6 Å². The van der Waals surface area contributed by atoms with Gasteiger partial charge < -0.3 is 14.8 Å². The predicted octanol–water partition coefficient (Wildman–Crippen LogP) is 2.84. The lowest BCUT2D eigenvalue weighted by Crippen LogP contribution is -2.39. The predicted molar refractivity (Wildman–Crippen MR) is 81.2 cm³/mol. The molecule has 0 spiro atoms. The Morgan fingerprint density at radius 3 is 2.85 bits per heavy atom. The summed E-state index contributed by atoms with van der Waals surface area (Å²) in [5, 5.41) is 5.81. The van der Waals surface area contributed by atoms with Gasteiger partial charge >= 0.3 is 0 Å². The minimum atomic E-state index is 0.351. The fourth-order valence-corrected chi connectivity index (χ4v) is 2.77. The van der Waals surface area contributed by atoms with Gasteiger partial charge in [-0.05, 0) is 36.4 Å². The fourth-order valence-electron chi connectivity index (χ4n) is 2.77. The van der Waals surface area contributed by atoms with E-state index < -0.39 is 0 Å². The molecule has 1 fully saturated rings. The Hall–Kier alpha value is -1.58. The first-order valence-electron chi connectivity index (χ1n) is 7.23. The molecule has 1 saturated heterocycles. The number of fused-ring (bicyclic) bond motifs is 1. The van der Waals surface area contributed by atoms with Gasteiger partial charge in [0.2, 0.25) is 0 Å². The number of likely N-dealkylation sites (N-methyl/N-ethyl adjacent to an activating group) is 1. The highest BCUT2D eigenvalue weighted by atomic mass is 16.5. The van der Waals surface area contributed by atoms with Crippen LogP contribution in [0.3, 0.4) is 0 Å². The van der Waals surface area contributed by atoms with Gasteiger partial charge in [0.25, 0.3) is 0 Å². The summed E-state index contributed by atoms with van der Waals surface area (Å²) in [4.78, 5) is 0. The molecule has 2 unspecified atom stereocenters. The van der Waals surface area contributed by atoms with Gasteiger partial charge in [0.1, 0.15) is 12.4 Å². The number of hydrogen-bond acceptors (Lipinski definition) is 3. The summed E-state index contributed by atoms with van der Waals surface area (Å²) < 4.78 is 11.4. The summed E-state index contributed by atoms with van der Waals surface area (Å²) in [6.45, 7) is 2.40. The molecule has 0 radical (unpaired) electrons. The van der Waals surface area contributed by atoms with Crippen molar-refractivity contribution in [2.75, 3.05) is 26.9 Å². The highest BCUT2D eigenvalue weighted by molar-refractivity contribution is 5.83. The molecule has 0 aliphatic carbocycles. The van der Waals surface area contributed by atoms with Crippen LogP contribution >= 0.6 is 0 Å². The standard InChI is InChI=1S/C17H21NO2/c1-18-17(15-8-9-19-11-15)12-20-16-7-6-13-4-2-3-5-14(13)10-16/h2-7,10,15,17-18H,8-9,11-12H2,1H3. The smallest absolute Gasteiger partial charge is 0.120 e. The third-order valence-electron chi connectivity index (χ3n) is 4.06. The maximum absolute atomic E-state index is 5.96. The van der Waals surface area contributed by atoms with Crippen LogP contribution in [-0.4, -0.2) is 32.9 Å². The molecule has 106 valence electrons. The third kappa shape index (κ3) is 2.94. The first-order chi connectivity index (χ1) is 9.86. The zero-order valence-electron chi connectivity index (χ0n) is 11.8. The van der Waals surface area contributed by atoms with Crippen LogP contribution in [0.4, 0.5) is 0 Å². The molecule has 0 bridgehead atoms. The van der Waals surface area contributed by atoms with Crippen molar-refractivity contribution in [1.29, 1.82) is 0 Å². The molecule has 0 aromatic heterocycles. The lowest BCUT2D eigenvalue weighted by atomic mass is 10.00. The lowest BCUT2D eigenvalue weighted by Gasteiger charge is -2.22. The molecule has 1 aliphatic rings. The Kier molecular flexibility index (Phi) is 4.19. The summed E-state index contributed by atoms with van der Waals surface area (Å²) in [7, 11) is 1.99. The zero-order chi connectivity index (χ0) is 13.8. The Balaban J connectivity index is 1.66. The van der Waals surface area contributed by atoms with E-state index in [2.05, 4.69) is 41.7 Å². The maximum atomic E-state index is 5.96. The molecule has 3 rings (SSSR count). The number of hydrogen-bond donors (Lipinski definition) is 1. The quantitative estimate of drug-likeness (QED) is 0.907. The third-order valence-corrected chi connectivity index (χ3v) is 4.06. The fraction of sp³-hybridized carbons (Fsp3) is 0.412. The number of nitrogens with one attached hydrogen (secondary N) is 1. The molecule has 0 saturated carbocycles. The molecular formula is C17H21NO2. The molecule has 20 heavy (non-hydrogen) atoms. The van der Waals surface area contributed by atoms with Crippen LogP contribution in [0.1, 0.15) is 6.42 Å². The summed E-state index contributed by atoms with van der Waals surface area (Å²) >= 11 is 0. The lowest BCUT2D eigenvalue weighted by molar-refractivity contribution is 0.163. The van der Waals surface area contributed by atoms with Crippen molar-refractivity contribution in [3.05, 3.63) is 42.5 Å². The van der Waals surface area contributed by atoms with E-state index in [1.807, 2.05) is 13.1 Å². The summed E-state index contributed by atoms with van der Waals surface area (Å²) in [5.74, 6) is 1.49. The second kappa shape index (κ2) is 6.25. The molecule has 2 aromatic rings. The molecule has 3 nitrogen and oxygen atoms in total. The van der Waals surface area contributed by atoms with E-state index in [-0.39, 0.29) is 0 Å². The van der Waals surface area contributed by atoms with Crippen molar-refractivity contribution in [3.8, 4) is 5.75 Å². The largest absolute Gasteiger partial charge is 0.492 e. The van der Waals surface area contributed by atoms with Crippen molar-refractivity contribution < 1.29 is 9.47 Å². The van der Waals surface area contributed by atoms with Crippen LogP contribution in [-0.2, 0) is 4.74 Å². The Bertz CT molecular complexity index is 564. The van der Waals surface area contributed by atoms with E-state index >= 15 is 0 Å². The van der Waals surface area contributed by atoms with Gasteiger partial charge in [-0.2, -0.15) is 0 Å². The molecule has 2 aromatic carbocycles. The monoisotopic (exact) mass is 271 g/mol. The van der Waals surface area contributed by atoms with Crippen molar-refractivity contribution in [2.45, 2.75) is 12.5 Å². The molecule has 0 amide bonds. The molecule has 3 heteroatoms. The highest BCUT2D eigenvalue weighted by Gasteiger charge is 2.24. The van der Waals surface area contributed by atoms with Crippen molar-refractivity contribution in [2.24, 2.45) is 5.92 Å². The number of rotatable bonds is 5. The van der Waals surface area contributed by atoms with E-state index in [4.69, 9.17) is 9.47 Å². The molecule has 1 aliphatic heterocycles. The number of ether oxygens (including phenoxy) is 2. The normalized spacial score (nSPS) is 20.1. The molecular weight excluding hydrogens is 250 g/mol. The van der Waals surface area contributed by atoms with Crippen LogP contribution in [0.15, 0.2) is 42.5 Å². The van der Waals surface area contributed by atoms with Gasteiger partial charge in [-0.1, -0.05) is 30.3 Å². The van der Waals surface area contributed by atoms with E-state index in [9.17, 15) is 0 Å². The van der Waals surface area contributed by atoms with Crippen molar-refractivity contribution >= 4 is 10.8 Å². The van der Waals surface area contributed by atoms with Crippen LogP contribution in [0.25, 0.3) is 10.8 Å². The van der Waals surface area contributed by atoms with Gasteiger partial charge in [0.15, 0.2) is 0 Å². The first kappa shape index (κ1) is 13.4. The second-order valence-electron chi connectivity index (χ2n) is 5.34. The Morgan fingerprint density at radius 2 is 2.10 bits per heavy atom. The summed E-state index contributed by atoms with van der Waals surface area (Å²) in [6, 6.07) is 14.9. The SMILES string of the molecule is CNC(COc1ccc2ccccc2c1)C1CCOC1. The summed E-state index contributed by atoms with van der Waals surface area (Å²) in [5.41, 5.74) is 0. The Labute approximate surface area is 119 Å². The van der Waals surface area contributed by atoms with Gasteiger partial charge in [-0.15, -0.1) is 0 Å². The molecule has 1 N–H and O–H groups in total. The summed E-state index contributed by atoms with van der Waals surface area (Å²) in [6.07, 6.45) is 1.12. The molecule has 2 atom stereocenters. The number of benzene rings is 2. The maximum Gasteiger partial charge on any atom is 0.120 e. The molecule has 1 heterocycles. The van der Waals surface area contributed by atoms with E-state index in [1.165, 1.54) is 10.8 Å². The highest BCUT2D eigenvalue weighted by Crippen LogP contribution is 2.22. The minimum absolute atomic E-state index is 0.351. The van der Waals surface area contributed by atoms with Gasteiger partial charge in [-0.25, -0.2) is 0 Å². The van der Waals surface area contributed by atoms with Crippen LogP contribution in [0, 0.1) is 5.92 Å².